The first-order chi connectivity index (χ1) is 7.63. The van der Waals surface area contributed by atoms with Crippen molar-refractivity contribution in [1.82, 2.24) is 14.8 Å². The minimum absolute atomic E-state index is 0.0352. The number of rotatable bonds is 2. The van der Waals surface area contributed by atoms with Gasteiger partial charge in [-0.15, -0.1) is 0 Å². The first kappa shape index (κ1) is 10.4. The van der Waals surface area contributed by atoms with Gasteiger partial charge in [0.1, 0.15) is 11.1 Å². The Balaban J connectivity index is 2.55. The summed E-state index contributed by atoms with van der Waals surface area (Å²) in [6.07, 6.45) is 2.95. The highest BCUT2D eigenvalue weighted by Gasteiger charge is 2.17. The van der Waals surface area contributed by atoms with Gasteiger partial charge in [0.2, 0.25) is 0 Å². The highest BCUT2D eigenvalue weighted by Crippen LogP contribution is 2.25. The molecular formula is C10H11N3O3. The topological polar surface area (TPSA) is 77.2 Å². The maximum Gasteiger partial charge on any atom is 0.343 e. The van der Waals surface area contributed by atoms with Crippen molar-refractivity contribution in [3.05, 3.63) is 18.0 Å². The molecule has 0 aliphatic rings. The highest BCUT2D eigenvalue weighted by molar-refractivity contribution is 5.97. The van der Waals surface area contributed by atoms with Crippen molar-refractivity contribution in [2.45, 2.75) is 6.92 Å². The summed E-state index contributed by atoms with van der Waals surface area (Å²) in [6.45, 7) is 1.94. The van der Waals surface area contributed by atoms with Crippen LogP contribution in [0.15, 0.2) is 12.4 Å². The summed E-state index contributed by atoms with van der Waals surface area (Å²) in [5, 5.41) is 13.9. The predicted molar refractivity (Wildman–Crippen MR) is 56.1 cm³/mol. The fourth-order valence-corrected chi connectivity index (χ4v) is 1.42. The van der Waals surface area contributed by atoms with Crippen molar-refractivity contribution >= 4 is 17.0 Å². The summed E-state index contributed by atoms with van der Waals surface area (Å²) < 4.78 is 6.31. The fourth-order valence-electron chi connectivity index (χ4n) is 1.42. The molecule has 16 heavy (non-hydrogen) atoms. The lowest BCUT2D eigenvalue weighted by Crippen LogP contribution is -2.05. The lowest BCUT2D eigenvalue weighted by Gasteiger charge is -2.03. The van der Waals surface area contributed by atoms with E-state index in [-0.39, 0.29) is 17.9 Å². The first-order valence-electron chi connectivity index (χ1n) is 4.82. The number of esters is 1. The number of nitrogens with zero attached hydrogens (tertiary/aromatic N) is 3. The molecule has 0 spiro atoms. The summed E-state index contributed by atoms with van der Waals surface area (Å²) in [5.74, 6) is -0.788. The van der Waals surface area contributed by atoms with Crippen LogP contribution in [0.1, 0.15) is 17.3 Å². The second-order valence-electron chi connectivity index (χ2n) is 3.28. The number of carbonyl (C=O) groups is 1. The van der Waals surface area contributed by atoms with Crippen LogP contribution < -0.4 is 0 Å². The van der Waals surface area contributed by atoms with Crippen molar-refractivity contribution < 1.29 is 14.6 Å². The van der Waals surface area contributed by atoms with Crippen LogP contribution in [-0.2, 0) is 11.8 Å². The molecule has 84 valence electrons. The molecule has 0 amide bonds. The van der Waals surface area contributed by atoms with Crippen LogP contribution in [-0.4, -0.2) is 32.4 Å². The first-order valence-corrected chi connectivity index (χ1v) is 4.82. The van der Waals surface area contributed by atoms with E-state index in [0.717, 1.165) is 0 Å². The molecule has 0 atom stereocenters. The van der Waals surface area contributed by atoms with Crippen molar-refractivity contribution in [1.29, 1.82) is 0 Å². The van der Waals surface area contributed by atoms with E-state index in [1.54, 1.807) is 20.2 Å². The molecular weight excluding hydrogens is 210 g/mol. The predicted octanol–water partition coefficient (Wildman–Crippen LogP) is 0.851. The molecule has 0 aliphatic carbocycles. The highest BCUT2D eigenvalue weighted by atomic mass is 16.5. The van der Waals surface area contributed by atoms with Gasteiger partial charge in [0, 0.05) is 13.2 Å². The third-order valence-corrected chi connectivity index (χ3v) is 2.12. The van der Waals surface area contributed by atoms with Gasteiger partial charge in [-0.2, -0.15) is 5.10 Å². The van der Waals surface area contributed by atoms with Gasteiger partial charge in [0.05, 0.1) is 12.8 Å². The van der Waals surface area contributed by atoms with Gasteiger partial charge in [-0.3, -0.25) is 9.67 Å². The van der Waals surface area contributed by atoms with E-state index in [1.165, 1.54) is 10.9 Å². The van der Waals surface area contributed by atoms with Crippen LogP contribution >= 0.6 is 0 Å². The van der Waals surface area contributed by atoms with E-state index in [0.29, 0.717) is 11.0 Å². The quantitative estimate of drug-likeness (QED) is 0.761. The Hall–Kier alpha value is -2.11. The average Bonchev–Trinajstić information content (AvgIpc) is 2.60. The van der Waals surface area contributed by atoms with E-state index in [1.807, 2.05) is 0 Å². The number of aryl methyl sites for hydroxylation is 1. The number of aromatic hydroxyl groups is 1. The molecule has 2 heterocycles. The molecule has 6 heteroatoms. The van der Waals surface area contributed by atoms with Crippen LogP contribution in [0.5, 0.6) is 5.75 Å². The van der Waals surface area contributed by atoms with Gasteiger partial charge < -0.3 is 9.84 Å². The Morgan fingerprint density at radius 3 is 3.06 bits per heavy atom. The van der Waals surface area contributed by atoms with Crippen molar-refractivity contribution in [2.24, 2.45) is 7.05 Å². The Morgan fingerprint density at radius 2 is 2.38 bits per heavy atom. The third-order valence-electron chi connectivity index (χ3n) is 2.12. The number of aromatic nitrogens is 3. The monoisotopic (exact) mass is 221 g/mol. The van der Waals surface area contributed by atoms with Gasteiger partial charge in [0.25, 0.3) is 0 Å². The average molecular weight is 221 g/mol. The van der Waals surface area contributed by atoms with E-state index in [9.17, 15) is 9.90 Å². The zero-order valence-corrected chi connectivity index (χ0v) is 8.97. The second-order valence-corrected chi connectivity index (χ2v) is 3.28. The maximum atomic E-state index is 11.5. The zero-order valence-electron chi connectivity index (χ0n) is 8.97. The molecule has 2 aromatic rings. The van der Waals surface area contributed by atoms with Gasteiger partial charge in [-0.25, -0.2) is 4.79 Å². The number of fused-ring (bicyclic) bond motifs is 1. The maximum absolute atomic E-state index is 11.5. The molecule has 0 fully saturated rings. The SMILES string of the molecule is CCOC(=O)c1cnc2cn(C)nc2c1O. The summed E-state index contributed by atoms with van der Waals surface area (Å²) >= 11 is 0. The number of pyridine rings is 1. The molecule has 0 saturated heterocycles. The van der Waals surface area contributed by atoms with Crippen molar-refractivity contribution in [2.75, 3.05) is 6.61 Å². The number of hydrogen-bond acceptors (Lipinski definition) is 5. The molecule has 2 rings (SSSR count). The Bertz CT molecular complexity index is 547. The van der Waals surface area contributed by atoms with Gasteiger partial charge in [-0.05, 0) is 6.92 Å². The third kappa shape index (κ3) is 1.58. The lowest BCUT2D eigenvalue weighted by molar-refractivity contribution is 0.0523. The van der Waals surface area contributed by atoms with Crippen LogP contribution in [0, 0.1) is 0 Å². The van der Waals surface area contributed by atoms with Crippen LogP contribution in [0.3, 0.4) is 0 Å². The van der Waals surface area contributed by atoms with E-state index in [4.69, 9.17) is 4.74 Å². The summed E-state index contributed by atoms with van der Waals surface area (Å²) in [6, 6.07) is 0. The summed E-state index contributed by atoms with van der Waals surface area (Å²) in [4.78, 5) is 15.5. The minimum Gasteiger partial charge on any atom is -0.505 e. The molecule has 2 aromatic heterocycles. The molecule has 0 bridgehead atoms. The number of ether oxygens (including phenoxy) is 1. The minimum atomic E-state index is -0.597. The fraction of sp³-hybridized carbons (Fsp3) is 0.300. The Labute approximate surface area is 91.5 Å². The lowest BCUT2D eigenvalue weighted by atomic mass is 10.2. The van der Waals surface area contributed by atoms with E-state index >= 15 is 0 Å². The normalized spacial score (nSPS) is 10.6. The van der Waals surface area contributed by atoms with Gasteiger partial charge >= 0.3 is 5.97 Å². The largest absolute Gasteiger partial charge is 0.505 e. The second kappa shape index (κ2) is 3.80. The summed E-state index contributed by atoms with van der Waals surface area (Å²) in [5.41, 5.74) is 0.870. The van der Waals surface area contributed by atoms with E-state index in [2.05, 4.69) is 10.1 Å². The zero-order chi connectivity index (χ0) is 11.7. The molecule has 1 N–H and O–H groups in total. The summed E-state index contributed by atoms with van der Waals surface area (Å²) in [7, 11) is 1.71. The van der Waals surface area contributed by atoms with Crippen LogP contribution in [0.4, 0.5) is 0 Å². The van der Waals surface area contributed by atoms with Crippen molar-refractivity contribution in [3.8, 4) is 5.75 Å². The number of hydrogen-bond donors (Lipinski definition) is 1. The van der Waals surface area contributed by atoms with Gasteiger partial charge in [0.15, 0.2) is 11.3 Å². The molecule has 0 saturated carbocycles. The Kier molecular flexibility index (Phi) is 2.47. The number of carbonyl (C=O) groups excluding carboxylic acids is 1. The molecule has 0 aliphatic heterocycles. The molecule has 0 aromatic carbocycles. The van der Waals surface area contributed by atoms with Crippen LogP contribution in [0.2, 0.25) is 0 Å². The standard InChI is InChI=1S/C10H11N3O3/c1-3-16-10(15)6-4-11-7-5-13(2)12-8(7)9(6)14/h4-5,14H,3H2,1-2H3. The molecule has 6 nitrogen and oxygen atoms in total. The molecule has 0 radical (unpaired) electrons. The Morgan fingerprint density at radius 1 is 1.62 bits per heavy atom. The smallest absolute Gasteiger partial charge is 0.343 e. The van der Waals surface area contributed by atoms with Crippen molar-refractivity contribution in [3.63, 3.8) is 0 Å². The van der Waals surface area contributed by atoms with Crippen LogP contribution in [0.25, 0.3) is 11.0 Å². The molecule has 0 unspecified atom stereocenters. The van der Waals surface area contributed by atoms with Gasteiger partial charge in [-0.1, -0.05) is 0 Å². The van der Waals surface area contributed by atoms with E-state index < -0.39 is 5.97 Å².